The Hall–Kier alpha value is -3.44. The number of ketones is 2. The average Bonchev–Trinajstić information content (AvgIpc) is 2.61. The van der Waals surface area contributed by atoms with Gasteiger partial charge in [-0.3, -0.25) is 14.6 Å². The highest BCUT2D eigenvalue weighted by Crippen LogP contribution is 2.30. The molecular formula is C17H12N4O3. The number of rotatable bonds is 4. The summed E-state index contributed by atoms with van der Waals surface area (Å²) in [5.74, 6) is -1.30. The molecule has 0 radical (unpaired) electrons. The van der Waals surface area contributed by atoms with Gasteiger partial charge in [-0.25, -0.2) is 0 Å². The first-order valence-electron chi connectivity index (χ1n) is 7.12. The molecule has 0 atom stereocenters. The van der Waals surface area contributed by atoms with Gasteiger partial charge in [0.15, 0.2) is 5.76 Å². The van der Waals surface area contributed by atoms with E-state index in [1.165, 1.54) is 19.4 Å². The standard InChI is InChI=1S/C17H12N4O3/c1-24-17-14(20-21-18)16(23)13-11(15(17)22)7-8-19-12(13)9-10-5-3-2-4-6-10/h2-8H,9H2,1H3. The van der Waals surface area contributed by atoms with E-state index in [9.17, 15) is 9.59 Å². The minimum absolute atomic E-state index is 0.162. The van der Waals surface area contributed by atoms with Gasteiger partial charge in [0.1, 0.15) is 5.70 Å². The smallest absolute Gasteiger partial charge is 0.229 e. The summed E-state index contributed by atoms with van der Waals surface area (Å²) in [6.07, 6.45) is 1.86. The fraction of sp³-hybridized carbons (Fsp3) is 0.118. The molecule has 0 spiro atoms. The highest BCUT2D eigenvalue weighted by atomic mass is 16.5. The second-order valence-electron chi connectivity index (χ2n) is 5.07. The van der Waals surface area contributed by atoms with Gasteiger partial charge in [-0.05, 0) is 17.2 Å². The molecule has 0 saturated carbocycles. The van der Waals surface area contributed by atoms with Crippen molar-refractivity contribution >= 4 is 11.6 Å². The first kappa shape index (κ1) is 15.5. The monoisotopic (exact) mass is 320 g/mol. The maximum absolute atomic E-state index is 12.7. The van der Waals surface area contributed by atoms with Gasteiger partial charge < -0.3 is 4.74 Å². The van der Waals surface area contributed by atoms with Crippen LogP contribution >= 0.6 is 0 Å². The number of methoxy groups -OCH3 is 1. The van der Waals surface area contributed by atoms with E-state index in [2.05, 4.69) is 15.0 Å². The number of aromatic nitrogens is 1. The number of Topliss-reactive ketones (excluding diaryl/α,β-unsaturated/α-hetero) is 2. The van der Waals surface area contributed by atoms with Gasteiger partial charge >= 0.3 is 0 Å². The van der Waals surface area contributed by atoms with E-state index in [1.54, 1.807) is 0 Å². The third-order valence-electron chi connectivity index (χ3n) is 3.70. The van der Waals surface area contributed by atoms with Crippen LogP contribution in [0.3, 0.4) is 0 Å². The Bertz CT molecular complexity index is 913. The molecule has 0 amide bonds. The van der Waals surface area contributed by atoms with Crippen LogP contribution in [0.5, 0.6) is 0 Å². The highest BCUT2D eigenvalue weighted by molar-refractivity contribution is 6.26. The van der Waals surface area contributed by atoms with Crippen molar-refractivity contribution in [3.8, 4) is 0 Å². The second kappa shape index (κ2) is 6.36. The molecule has 1 aliphatic carbocycles. The molecule has 0 fully saturated rings. The van der Waals surface area contributed by atoms with Crippen LogP contribution in [0.25, 0.3) is 10.4 Å². The maximum atomic E-state index is 12.7. The van der Waals surface area contributed by atoms with E-state index in [0.29, 0.717) is 12.1 Å². The lowest BCUT2D eigenvalue weighted by Crippen LogP contribution is -2.24. The number of benzene rings is 1. The lowest BCUT2D eigenvalue weighted by Gasteiger charge is -2.19. The van der Waals surface area contributed by atoms with Crippen molar-refractivity contribution in [1.82, 2.24) is 4.98 Å². The molecule has 2 aromatic rings. The predicted octanol–water partition coefficient (Wildman–Crippen LogP) is 3.22. The van der Waals surface area contributed by atoms with Crippen molar-refractivity contribution in [3.05, 3.63) is 86.9 Å². The highest BCUT2D eigenvalue weighted by Gasteiger charge is 2.35. The van der Waals surface area contributed by atoms with Gasteiger partial charge in [-0.2, -0.15) is 0 Å². The summed E-state index contributed by atoms with van der Waals surface area (Å²) in [6.45, 7) is 0. The molecule has 7 heteroatoms. The van der Waals surface area contributed by atoms with Gasteiger partial charge in [0.25, 0.3) is 0 Å². The molecule has 0 aliphatic heterocycles. The van der Waals surface area contributed by atoms with Crippen molar-refractivity contribution in [2.75, 3.05) is 7.11 Å². The second-order valence-corrected chi connectivity index (χ2v) is 5.07. The van der Waals surface area contributed by atoms with Crippen LogP contribution in [0.2, 0.25) is 0 Å². The first-order chi connectivity index (χ1) is 11.7. The molecule has 7 nitrogen and oxygen atoms in total. The summed E-state index contributed by atoms with van der Waals surface area (Å²) in [5.41, 5.74) is 10.1. The average molecular weight is 320 g/mol. The summed E-state index contributed by atoms with van der Waals surface area (Å²) in [5, 5.41) is 3.35. The zero-order valence-electron chi connectivity index (χ0n) is 12.8. The molecule has 1 aliphatic rings. The Labute approximate surface area is 137 Å². The maximum Gasteiger partial charge on any atom is 0.229 e. The molecule has 0 bridgehead atoms. The molecule has 0 N–H and O–H groups in total. The van der Waals surface area contributed by atoms with Crippen LogP contribution in [0.1, 0.15) is 32.0 Å². The number of carbonyl (C=O) groups excluding carboxylic acids is 2. The zero-order chi connectivity index (χ0) is 17.1. The van der Waals surface area contributed by atoms with Crippen molar-refractivity contribution in [2.45, 2.75) is 6.42 Å². The number of ether oxygens (including phenoxy) is 1. The zero-order valence-corrected chi connectivity index (χ0v) is 12.8. The lowest BCUT2D eigenvalue weighted by molar-refractivity contribution is 0.0904. The van der Waals surface area contributed by atoms with E-state index >= 15 is 0 Å². The first-order valence-corrected chi connectivity index (χ1v) is 7.12. The molecule has 0 unspecified atom stereocenters. The quantitative estimate of drug-likeness (QED) is 0.490. The molecule has 3 rings (SSSR count). The fourth-order valence-electron chi connectivity index (χ4n) is 2.65. The van der Waals surface area contributed by atoms with Crippen LogP contribution in [0.4, 0.5) is 0 Å². The van der Waals surface area contributed by atoms with Crippen LogP contribution in [-0.4, -0.2) is 23.7 Å². The topological polar surface area (TPSA) is 105 Å². The molecule has 1 heterocycles. The number of hydrogen-bond acceptors (Lipinski definition) is 5. The van der Waals surface area contributed by atoms with Crippen LogP contribution in [0, 0.1) is 0 Å². The van der Waals surface area contributed by atoms with E-state index < -0.39 is 11.6 Å². The number of hydrogen-bond donors (Lipinski definition) is 0. The predicted molar refractivity (Wildman–Crippen MR) is 85.3 cm³/mol. The van der Waals surface area contributed by atoms with Crippen molar-refractivity contribution < 1.29 is 14.3 Å². The number of pyridine rings is 1. The minimum atomic E-state index is -0.557. The van der Waals surface area contributed by atoms with Gasteiger partial charge in [-0.1, -0.05) is 35.4 Å². The Morgan fingerprint density at radius 3 is 2.58 bits per heavy atom. The summed E-state index contributed by atoms with van der Waals surface area (Å²) in [6, 6.07) is 10.9. The molecule has 0 saturated heterocycles. The number of azide groups is 1. The molecule has 1 aromatic carbocycles. The number of fused-ring (bicyclic) bond motifs is 1. The van der Waals surface area contributed by atoms with Crippen molar-refractivity contribution in [2.24, 2.45) is 5.11 Å². The Kier molecular flexibility index (Phi) is 4.09. The van der Waals surface area contributed by atoms with Gasteiger partial charge in [0.05, 0.1) is 18.4 Å². The summed E-state index contributed by atoms with van der Waals surface area (Å²) in [7, 11) is 1.25. The normalized spacial score (nSPS) is 13.4. The third-order valence-corrected chi connectivity index (χ3v) is 3.70. The molecule has 1 aromatic heterocycles. The van der Waals surface area contributed by atoms with Gasteiger partial charge in [-0.15, -0.1) is 0 Å². The fourth-order valence-corrected chi connectivity index (χ4v) is 2.65. The summed E-state index contributed by atoms with van der Waals surface area (Å²) >= 11 is 0. The number of carbonyl (C=O) groups is 2. The van der Waals surface area contributed by atoms with Gasteiger partial charge in [0.2, 0.25) is 11.6 Å². The van der Waals surface area contributed by atoms with Gasteiger partial charge in [0, 0.05) is 23.1 Å². The summed E-state index contributed by atoms with van der Waals surface area (Å²) in [4.78, 5) is 32.1. The SMILES string of the molecule is COC1=C(N=[N+]=[N-])C(=O)c2c(ccnc2Cc2ccccc2)C1=O. The largest absolute Gasteiger partial charge is 0.492 e. The number of nitrogens with zero attached hydrogens (tertiary/aromatic N) is 4. The number of allylic oxidation sites excluding steroid dienone is 2. The lowest BCUT2D eigenvalue weighted by atomic mass is 9.89. The van der Waals surface area contributed by atoms with E-state index in [1.807, 2.05) is 30.3 Å². The Morgan fingerprint density at radius 2 is 1.92 bits per heavy atom. The van der Waals surface area contributed by atoms with E-state index in [0.717, 1.165) is 5.56 Å². The van der Waals surface area contributed by atoms with Crippen LogP contribution in [0.15, 0.2) is 59.2 Å². The van der Waals surface area contributed by atoms with Crippen LogP contribution < -0.4 is 0 Å². The molecular weight excluding hydrogens is 308 g/mol. The summed E-state index contributed by atoms with van der Waals surface area (Å²) < 4.78 is 4.98. The third kappa shape index (κ3) is 2.53. The Morgan fingerprint density at radius 1 is 1.17 bits per heavy atom. The minimum Gasteiger partial charge on any atom is -0.492 e. The Balaban J connectivity index is 2.16. The van der Waals surface area contributed by atoms with E-state index in [-0.39, 0.29) is 22.6 Å². The van der Waals surface area contributed by atoms with E-state index in [4.69, 9.17) is 10.3 Å². The van der Waals surface area contributed by atoms with Crippen molar-refractivity contribution in [3.63, 3.8) is 0 Å². The van der Waals surface area contributed by atoms with Crippen LogP contribution in [-0.2, 0) is 11.2 Å². The molecule has 118 valence electrons. The molecule has 24 heavy (non-hydrogen) atoms. The van der Waals surface area contributed by atoms with Crippen molar-refractivity contribution in [1.29, 1.82) is 0 Å².